The normalized spacial score (nSPS) is 15.4. The Balaban J connectivity index is 2.04. The number of carboxylic acid groups (broad SMARTS) is 1. The molecule has 0 bridgehead atoms. The Morgan fingerprint density at radius 1 is 1.24 bits per heavy atom. The summed E-state index contributed by atoms with van der Waals surface area (Å²) in [6, 6.07) is 10.3. The first kappa shape index (κ1) is 14.1. The fourth-order valence-electron chi connectivity index (χ4n) is 3.34. The van der Waals surface area contributed by atoms with E-state index in [9.17, 15) is 9.90 Å². The van der Waals surface area contributed by atoms with E-state index in [1.807, 2.05) is 0 Å². The highest BCUT2D eigenvalue weighted by Crippen LogP contribution is 2.37. The molecule has 3 heteroatoms. The number of hydrogen-bond acceptors (Lipinski definition) is 2. The summed E-state index contributed by atoms with van der Waals surface area (Å²) in [7, 11) is 0. The van der Waals surface area contributed by atoms with Crippen LogP contribution in [0.4, 0.5) is 0 Å². The van der Waals surface area contributed by atoms with Crippen LogP contribution in [0.15, 0.2) is 30.3 Å². The predicted octanol–water partition coefficient (Wildman–Crippen LogP) is 3.44. The number of rotatable bonds is 4. The Hall–Kier alpha value is -1.87. The Labute approximate surface area is 124 Å². The van der Waals surface area contributed by atoms with E-state index < -0.39 is 11.4 Å². The van der Waals surface area contributed by atoms with Crippen LogP contribution in [-0.4, -0.2) is 11.1 Å². The Bertz CT molecular complexity index is 708. The molecule has 1 aliphatic rings. The standard InChI is InChI=1S/C18H21NO2/c1-18(2,17(20)21)10-15(19)13-9-8-12-7-6-11-4-3-5-14(13)16(11)12/h3-5,8-9,15H,6-7,10,19H2,1-2H3,(H,20,21). The molecule has 1 unspecified atom stereocenters. The molecule has 3 nitrogen and oxygen atoms in total. The first-order valence-corrected chi connectivity index (χ1v) is 7.42. The van der Waals surface area contributed by atoms with Gasteiger partial charge in [0.1, 0.15) is 0 Å². The Kier molecular flexibility index (Phi) is 3.25. The second kappa shape index (κ2) is 4.85. The van der Waals surface area contributed by atoms with E-state index in [-0.39, 0.29) is 6.04 Å². The van der Waals surface area contributed by atoms with Gasteiger partial charge in [-0.2, -0.15) is 0 Å². The van der Waals surface area contributed by atoms with Crippen molar-refractivity contribution in [2.75, 3.05) is 0 Å². The summed E-state index contributed by atoms with van der Waals surface area (Å²) in [5.41, 5.74) is 9.35. The van der Waals surface area contributed by atoms with Gasteiger partial charge in [0, 0.05) is 6.04 Å². The number of carbonyl (C=O) groups is 1. The van der Waals surface area contributed by atoms with Crippen LogP contribution in [-0.2, 0) is 17.6 Å². The van der Waals surface area contributed by atoms with Gasteiger partial charge in [-0.1, -0.05) is 30.3 Å². The number of nitrogens with two attached hydrogens (primary N) is 1. The number of hydrogen-bond donors (Lipinski definition) is 2. The van der Waals surface area contributed by atoms with Gasteiger partial charge in [0.25, 0.3) is 0 Å². The highest BCUT2D eigenvalue weighted by molar-refractivity contribution is 5.93. The largest absolute Gasteiger partial charge is 0.481 e. The van der Waals surface area contributed by atoms with Gasteiger partial charge in [-0.3, -0.25) is 4.79 Å². The van der Waals surface area contributed by atoms with Crippen LogP contribution in [0.2, 0.25) is 0 Å². The maximum absolute atomic E-state index is 11.3. The molecule has 0 heterocycles. The van der Waals surface area contributed by atoms with Gasteiger partial charge in [0.05, 0.1) is 5.41 Å². The second-order valence-electron chi connectivity index (χ2n) is 6.65. The van der Waals surface area contributed by atoms with Gasteiger partial charge >= 0.3 is 5.97 Å². The minimum atomic E-state index is -0.817. The molecule has 3 rings (SSSR count). The molecule has 0 saturated carbocycles. The van der Waals surface area contributed by atoms with Crippen LogP contribution in [0.1, 0.15) is 43.0 Å². The molecule has 0 aromatic heterocycles. The van der Waals surface area contributed by atoms with Crippen LogP contribution in [0.3, 0.4) is 0 Å². The highest BCUT2D eigenvalue weighted by atomic mass is 16.4. The zero-order chi connectivity index (χ0) is 15.2. The Morgan fingerprint density at radius 3 is 2.57 bits per heavy atom. The van der Waals surface area contributed by atoms with Crippen LogP contribution in [0.25, 0.3) is 10.8 Å². The van der Waals surface area contributed by atoms with Crippen molar-refractivity contribution in [1.29, 1.82) is 0 Å². The van der Waals surface area contributed by atoms with E-state index in [0.717, 1.165) is 18.4 Å². The van der Waals surface area contributed by atoms with E-state index in [1.165, 1.54) is 21.9 Å². The first-order chi connectivity index (χ1) is 9.90. The summed E-state index contributed by atoms with van der Waals surface area (Å²) in [6.07, 6.45) is 2.61. The molecule has 3 N–H and O–H groups in total. The summed E-state index contributed by atoms with van der Waals surface area (Å²) in [5.74, 6) is -0.802. The van der Waals surface area contributed by atoms with Crippen molar-refractivity contribution in [2.24, 2.45) is 11.1 Å². The lowest BCUT2D eigenvalue weighted by Gasteiger charge is -2.24. The lowest BCUT2D eigenvalue weighted by molar-refractivity contribution is -0.147. The summed E-state index contributed by atoms with van der Waals surface area (Å²) in [5, 5.41) is 11.8. The molecule has 1 atom stereocenters. The molecule has 0 radical (unpaired) electrons. The van der Waals surface area contributed by atoms with Crippen LogP contribution in [0, 0.1) is 5.41 Å². The lowest BCUT2D eigenvalue weighted by atomic mass is 9.82. The molecule has 0 fully saturated rings. The second-order valence-corrected chi connectivity index (χ2v) is 6.65. The molecule has 0 amide bonds. The zero-order valence-electron chi connectivity index (χ0n) is 12.5. The number of benzene rings is 2. The third kappa shape index (κ3) is 2.32. The van der Waals surface area contributed by atoms with Crippen LogP contribution < -0.4 is 5.73 Å². The summed E-state index contributed by atoms with van der Waals surface area (Å²) < 4.78 is 0. The predicted molar refractivity (Wildman–Crippen MR) is 84.3 cm³/mol. The van der Waals surface area contributed by atoms with E-state index in [2.05, 4.69) is 30.3 Å². The Morgan fingerprint density at radius 2 is 1.90 bits per heavy atom. The molecule has 1 aliphatic carbocycles. The third-order valence-electron chi connectivity index (χ3n) is 4.62. The molecule has 0 spiro atoms. The smallest absolute Gasteiger partial charge is 0.309 e. The van der Waals surface area contributed by atoms with Gasteiger partial charge in [-0.25, -0.2) is 0 Å². The van der Waals surface area contributed by atoms with Crippen LogP contribution in [0.5, 0.6) is 0 Å². The number of carboxylic acids is 1. The molecule has 0 saturated heterocycles. The SMILES string of the molecule is CC(C)(CC(N)c1ccc2c3c(cccc13)CC2)C(=O)O. The molecule has 21 heavy (non-hydrogen) atoms. The van der Waals surface area contributed by atoms with Crippen molar-refractivity contribution in [2.45, 2.75) is 39.2 Å². The first-order valence-electron chi connectivity index (χ1n) is 7.42. The topological polar surface area (TPSA) is 63.3 Å². The van der Waals surface area contributed by atoms with E-state index in [4.69, 9.17) is 5.73 Å². The summed E-state index contributed by atoms with van der Waals surface area (Å²) in [4.78, 5) is 11.3. The maximum Gasteiger partial charge on any atom is 0.309 e. The highest BCUT2D eigenvalue weighted by Gasteiger charge is 2.30. The van der Waals surface area contributed by atoms with Crippen molar-refractivity contribution in [3.63, 3.8) is 0 Å². The van der Waals surface area contributed by atoms with Crippen molar-refractivity contribution in [1.82, 2.24) is 0 Å². The molecular formula is C18H21NO2. The quantitative estimate of drug-likeness (QED) is 0.903. The van der Waals surface area contributed by atoms with Crippen molar-refractivity contribution in [3.05, 3.63) is 47.0 Å². The van der Waals surface area contributed by atoms with Crippen molar-refractivity contribution < 1.29 is 9.90 Å². The lowest BCUT2D eigenvalue weighted by Crippen LogP contribution is -2.29. The number of aliphatic carboxylic acids is 1. The van der Waals surface area contributed by atoms with Crippen molar-refractivity contribution in [3.8, 4) is 0 Å². The molecular weight excluding hydrogens is 262 g/mol. The molecule has 0 aliphatic heterocycles. The van der Waals surface area contributed by atoms with E-state index >= 15 is 0 Å². The number of aryl methyl sites for hydroxylation is 2. The van der Waals surface area contributed by atoms with Crippen molar-refractivity contribution >= 4 is 16.7 Å². The monoisotopic (exact) mass is 283 g/mol. The maximum atomic E-state index is 11.3. The van der Waals surface area contributed by atoms with Gasteiger partial charge in [0.15, 0.2) is 0 Å². The molecule has 2 aromatic carbocycles. The van der Waals surface area contributed by atoms with Crippen LogP contribution >= 0.6 is 0 Å². The summed E-state index contributed by atoms with van der Waals surface area (Å²) >= 11 is 0. The minimum absolute atomic E-state index is 0.263. The zero-order valence-corrected chi connectivity index (χ0v) is 12.5. The average Bonchev–Trinajstić information content (AvgIpc) is 2.84. The van der Waals surface area contributed by atoms with Gasteiger partial charge in [0.2, 0.25) is 0 Å². The molecule has 2 aromatic rings. The average molecular weight is 283 g/mol. The van der Waals surface area contributed by atoms with Gasteiger partial charge < -0.3 is 10.8 Å². The van der Waals surface area contributed by atoms with E-state index in [1.54, 1.807) is 13.8 Å². The fourth-order valence-corrected chi connectivity index (χ4v) is 3.34. The van der Waals surface area contributed by atoms with Gasteiger partial charge in [-0.05, 0) is 60.6 Å². The summed E-state index contributed by atoms with van der Waals surface area (Å²) in [6.45, 7) is 3.46. The van der Waals surface area contributed by atoms with Gasteiger partial charge in [-0.15, -0.1) is 0 Å². The third-order valence-corrected chi connectivity index (χ3v) is 4.62. The molecule has 110 valence electrons. The minimum Gasteiger partial charge on any atom is -0.481 e. The van der Waals surface area contributed by atoms with E-state index in [0.29, 0.717) is 6.42 Å². The fraction of sp³-hybridized carbons (Fsp3) is 0.389.